The second-order valence-corrected chi connectivity index (χ2v) is 7.97. The maximum atomic E-state index is 12.7. The molecule has 0 bridgehead atoms. The van der Waals surface area contributed by atoms with Crippen LogP contribution in [0.1, 0.15) is 37.7 Å². The monoisotopic (exact) mass is 362 g/mol. The van der Waals surface area contributed by atoms with E-state index in [2.05, 4.69) is 4.40 Å². The molecule has 0 radical (unpaired) electrons. The minimum Gasteiger partial charge on any atom is -0.447 e. The third kappa shape index (κ3) is 4.28. The summed E-state index contributed by atoms with van der Waals surface area (Å²) in [5, 5.41) is 0. The van der Waals surface area contributed by atoms with Crippen LogP contribution in [-0.2, 0) is 14.8 Å². The fraction of sp³-hybridized carbons (Fsp3) is 0.444. The van der Waals surface area contributed by atoms with E-state index in [-0.39, 0.29) is 17.3 Å². The van der Waals surface area contributed by atoms with Gasteiger partial charge in [-0.1, -0.05) is 29.7 Å². The van der Waals surface area contributed by atoms with Gasteiger partial charge in [-0.2, -0.15) is 8.42 Å². The van der Waals surface area contributed by atoms with Gasteiger partial charge in [0.1, 0.15) is 6.61 Å². The summed E-state index contributed by atoms with van der Waals surface area (Å²) in [6, 6.07) is 6.52. The van der Waals surface area contributed by atoms with Crippen molar-refractivity contribution in [2.45, 2.75) is 43.9 Å². The van der Waals surface area contributed by atoms with Gasteiger partial charge in [-0.05, 0) is 50.8 Å². The minimum atomic E-state index is -3.89. The largest absolute Gasteiger partial charge is 0.447 e. The van der Waals surface area contributed by atoms with Crippen LogP contribution in [0.15, 0.2) is 45.2 Å². The predicted octanol–water partition coefficient (Wildman–Crippen LogP) is 3.42. The van der Waals surface area contributed by atoms with E-state index in [9.17, 15) is 13.2 Å². The Morgan fingerprint density at radius 2 is 1.84 bits per heavy atom. The molecule has 0 spiro atoms. The Kier molecular flexibility index (Phi) is 5.22. The average Bonchev–Trinajstić information content (AvgIpc) is 3.01. The molecule has 0 aromatic heterocycles. The Morgan fingerprint density at radius 1 is 1.16 bits per heavy atom. The molecule has 2 fully saturated rings. The number of rotatable bonds is 3. The van der Waals surface area contributed by atoms with E-state index < -0.39 is 16.1 Å². The van der Waals surface area contributed by atoms with E-state index >= 15 is 0 Å². The summed E-state index contributed by atoms with van der Waals surface area (Å²) in [5.41, 5.74) is 2.10. The number of sulfonamides is 1. The molecule has 0 atom stereocenters. The van der Waals surface area contributed by atoms with Crippen LogP contribution < -0.4 is 0 Å². The van der Waals surface area contributed by atoms with Gasteiger partial charge in [0.05, 0.1) is 11.4 Å². The Balaban J connectivity index is 1.98. The summed E-state index contributed by atoms with van der Waals surface area (Å²) < 4.78 is 34.3. The van der Waals surface area contributed by atoms with Crippen LogP contribution in [0.2, 0.25) is 0 Å². The molecular weight excluding hydrogens is 340 g/mol. The maximum absolute atomic E-state index is 12.7. The smallest absolute Gasteiger partial charge is 0.415 e. The molecule has 1 aromatic carbocycles. The SMILES string of the molecule is Cc1ccc(S(=O)(=O)/N=C(/C=C2CCCCC2)N2CCOC2=O)cc1. The number of allylic oxidation sites excluding steroid dienone is 1. The molecule has 1 saturated heterocycles. The molecule has 0 N–H and O–H groups in total. The van der Waals surface area contributed by atoms with E-state index in [0.29, 0.717) is 6.54 Å². The van der Waals surface area contributed by atoms with E-state index in [1.807, 2.05) is 6.92 Å². The molecule has 134 valence electrons. The molecule has 1 saturated carbocycles. The van der Waals surface area contributed by atoms with Crippen LogP contribution in [0.25, 0.3) is 0 Å². The highest BCUT2D eigenvalue weighted by Crippen LogP contribution is 2.24. The van der Waals surface area contributed by atoms with E-state index in [1.54, 1.807) is 18.2 Å². The molecule has 0 unspecified atom stereocenters. The van der Waals surface area contributed by atoms with Gasteiger partial charge in [0, 0.05) is 0 Å². The first kappa shape index (κ1) is 17.7. The summed E-state index contributed by atoms with van der Waals surface area (Å²) in [4.78, 5) is 13.3. The fourth-order valence-electron chi connectivity index (χ4n) is 2.97. The lowest BCUT2D eigenvalue weighted by molar-refractivity contribution is 0.169. The highest BCUT2D eigenvalue weighted by molar-refractivity contribution is 7.90. The molecule has 1 aromatic rings. The number of carbonyl (C=O) groups excluding carboxylic acids is 1. The number of aryl methyl sites for hydroxylation is 1. The Labute approximate surface area is 148 Å². The number of hydrogen-bond acceptors (Lipinski definition) is 4. The van der Waals surface area contributed by atoms with Crippen LogP contribution in [0, 0.1) is 6.92 Å². The first-order chi connectivity index (χ1) is 12.0. The van der Waals surface area contributed by atoms with Crippen molar-refractivity contribution in [3.8, 4) is 0 Å². The Hall–Kier alpha value is -2.15. The maximum Gasteiger partial charge on any atom is 0.415 e. The lowest BCUT2D eigenvalue weighted by atomic mass is 9.94. The van der Waals surface area contributed by atoms with E-state index in [4.69, 9.17) is 4.74 Å². The number of ether oxygens (including phenoxy) is 1. The third-order valence-electron chi connectivity index (χ3n) is 4.40. The fourth-order valence-corrected chi connectivity index (χ4v) is 3.96. The molecule has 2 aliphatic rings. The molecular formula is C18H22N2O4S. The molecule has 1 amide bonds. The first-order valence-electron chi connectivity index (χ1n) is 8.51. The molecule has 25 heavy (non-hydrogen) atoms. The number of benzene rings is 1. The number of amidine groups is 1. The average molecular weight is 362 g/mol. The number of nitrogens with zero attached hydrogens (tertiary/aromatic N) is 2. The van der Waals surface area contributed by atoms with Crippen LogP contribution in [0.3, 0.4) is 0 Å². The third-order valence-corrected chi connectivity index (χ3v) is 5.69. The second kappa shape index (κ2) is 7.39. The summed E-state index contributed by atoms with van der Waals surface area (Å²) in [5.74, 6) is 0.153. The zero-order valence-corrected chi connectivity index (χ0v) is 15.1. The molecule has 1 aliphatic carbocycles. The van der Waals surface area contributed by atoms with Crippen LogP contribution in [0.4, 0.5) is 4.79 Å². The zero-order valence-electron chi connectivity index (χ0n) is 14.3. The summed E-state index contributed by atoms with van der Waals surface area (Å²) in [7, 11) is -3.89. The van der Waals surface area contributed by atoms with Crippen molar-refractivity contribution < 1.29 is 17.9 Å². The number of hydrogen-bond donors (Lipinski definition) is 0. The van der Waals surface area contributed by atoms with Crippen molar-refractivity contribution >= 4 is 22.0 Å². The minimum absolute atomic E-state index is 0.116. The van der Waals surface area contributed by atoms with Gasteiger partial charge in [0.15, 0.2) is 5.84 Å². The van der Waals surface area contributed by atoms with Gasteiger partial charge < -0.3 is 4.74 Å². The second-order valence-electron chi connectivity index (χ2n) is 6.37. The first-order valence-corrected chi connectivity index (χ1v) is 9.95. The topological polar surface area (TPSA) is 76.0 Å². The van der Waals surface area contributed by atoms with Gasteiger partial charge in [0.2, 0.25) is 0 Å². The van der Waals surface area contributed by atoms with Crippen molar-refractivity contribution in [3.63, 3.8) is 0 Å². The Bertz CT molecular complexity index is 802. The Morgan fingerprint density at radius 3 is 2.44 bits per heavy atom. The molecule has 1 heterocycles. The molecule has 6 nitrogen and oxygen atoms in total. The van der Waals surface area contributed by atoms with E-state index in [0.717, 1.165) is 36.8 Å². The van der Waals surface area contributed by atoms with Crippen molar-refractivity contribution in [1.29, 1.82) is 0 Å². The van der Waals surface area contributed by atoms with Crippen molar-refractivity contribution in [2.75, 3.05) is 13.2 Å². The lowest BCUT2D eigenvalue weighted by Gasteiger charge is -2.17. The van der Waals surface area contributed by atoms with Gasteiger partial charge >= 0.3 is 6.09 Å². The van der Waals surface area contributed by atoms with Gasteiger partial charge in [-0.25, -0.2) is 4.79 Å². The van der Waals surface area contributed by atoms with Gasteiger partial charge in [0.25, 0.3) is 10.0 Å². The highest BCUT2D eigenvalue weighted by Gasteiger charge is 2.28. The zero-order chi connectivity index (χ0) is 17.9. The molecule has 3 rings (SSSR count). The van der Waals surface area contributed by atoms with Crippen LogP contribution in [0.5, 0.6) is 0 Å². The number of carbonyl (C=O) groups is 1. The van der Waals surface area contributed by atoms with Crippen LogP contribution in [-0.4, -0.2) is 38.4 Å². The van der Waals surface area contributed by atoms with Crippen LogP contribution >= 0.6 is 0 Å². The summed E-state index contributed by atoms with van der Waals surface area (Å²) in [6.45, 7) is 2.44. The lowest BCUT2D eigenvalue weighted by Crippen LogP contribution is -2.31. The van der Waals surface area contributed by atoms with Crippen molar-refractivity contribution in [1.82, 2.24) is 4.90 Å². The normalized spacial score (nSPS) is 19.1. The van der Waals surface area contributed by atoms with Crippen molar-refractivity contribution in [3.05, 3.63) is 41.5 Å². The number of amides is 1. The molecule has 1 aliphatic heterocycles. The van der Waals surface area contributed by atoms with E-state index in [1.165, 1.54) is 23.5 Å². The quantitative estimate of drug-likeness (QED) is 0.610. The predicted molar refractivity (Wildman–Crippen MR) is 95.0 cm³/mol. The van der Waals surface area contributed by atoms with Crippen molar-refractivity contribution in [2.24, 2.45) is 4.40 Å². The summed E-state index contributed by atoms with van der Waals surface area (Å²) in [6.07, 6.45) is 6.35. The van der Waals surface area contributed by atoms with Gasteiger partial charge in [-0.3, -0.25) is 4.90 Å². The number of cyclic esters (lactones) is 1. The summed E-state index contributed by atoms with van der Waals surface area (Å²) >= 11 is 0. The van der Waals surface area contributed by atoms with Gasteiger partial charge in [-0.15, -0.1) is 4.40 Å². The standard InChI is InChI=1S/C18H22N2O4S/c1-14-7-9-16(10-8-14)25(22,23)19-17(20-11-12-24-18(20)21)13-15-5-3-2-4-6-15/h7-10,13H,2-6,11-12H2,1H3/b19-17-. The molecule has 7 heteroatoms. The highest BCUT2D eigenvalue weighted by atomic mass is 32.2.